The Kier molecular flexibility index (Phi) is 2.16. The molecule has 1 N–H and O–H groups in total. The van der Waals surface area contributed by atoms with Crippen molar-refractivity contribution in [3.05, 3.63) is 64.4 Å². The molecular formula is C14H8NO3-. The van der Waals surface area contributed by atoms with Crippen LogP contribution in [0.3, 0.4) is 0 Å². The summed E-state index contributed by atoms with van der Waals surface area (Å²) < 4.78 is 0. The number of hydrogen-bond donors (Lipinski definition) is 1. The molecule has 0 amide bonds. The number of carboxylic acids is 1. The normalized spacial score (nSPS) is 14.3. The van der Waals surface area contributed by atoms with E-state index in [1.807, 2.05) is 6.07 Å². The molecule has 0 aliphatic heterocycles. The molecule has 4 heteroatoms. The third-order valence-electron chi connectivity index (χ3n) is 3.09. The van der Waals surface area contributed by atoms with Gasteiger partial charge in [-0.05, 0) is 11.6 Å². The molecule has 0 radical (unpaired) electrons. The Labute approximate surface area is 103 Å². The highest BCUT2D eigenvalue weighted by atomic mass is 16.4. The fraction of sp³-hybridized carbons (Fsp3) is 0. The summed E-state index contributed by atoms with van der Waals surface area (Å²) in [5.41, 5.74) is 3.11. The van der Waals surface area contributed by atoms with Gasteiger partial charge in [0.15, 0.2) is 0 Å². The molecule has 0 aromatic heterocycles. The maximum atomic E-state index is 11.2. The first-order valence-electron chi connectivity index (χ1n) is 5.41. The summed E-state index contributed by atoms with van der Waals surface area (Å²) in [6.07, 6.45) is 0. The van der Waals surface area contributed by atoms with Crippen molar-refractivity contribution in [1.82, 2.24) is 0 Å². The van der Waals surface area contributed by atoms with Crippen molar-refractivity contribution >= 4 is 11.7 Å². The number of aromatic carboxylic acids is 1. The van der Waals surface area contributed by atoms with Gasteiger partial charge in [-0.15, -0.1) is 0 Å². The van der Waals surface area contributed by atoms with E-state index in [9.17, 15) is 15.1 Å². The summed E-state index contributed by atoms with van der Waals surface area (Å²) in [5.74, 6) is -1.01. The molecule has 2 aromatic rings. The fourth-order valence-electron chi connectivity index (χ4n) is 2.37. The molecule has 0 bridgehead atoms. The van der Waals surface area contributed by atoms with Crippen molar-refractivity contribution in [3.63, 3.8) is 0 Å². The van der Waals surface area contributed by atoms with Crippen molar-refractivity contribution in [2.75, 3.05) is 0 Å². The lowest BCUT2D eigenvalue weighted by Gasteiger charge is -2.05. The van der Waals surface area contributed by atoms with Crippen LogP contribution in [0.15, 0.2) is 47.6 Å². The maximum Gasteiger partial charge on any atom is 0.336 e. The molecule has 0 atom stereocenters. The second kappa shape index (κ2) is 3.70. The minimum atomic E-state index is -1.01. The van der Waals surface area contributed by atoms with E-state index in [1.165, 1.54) is 6.07 Å². The second-order valence-corrected chi connectivity index (χ2v) is 4.02. The molecule has 1 aliphatic carbocycles. The van der Waals surface area contributed by atoms with Crippen LogP contribution in [0.25, 0.3) is 11.1 Å². The van der Waals surface area contributed by atoms with Crippen LogP contribution >= 0.6 is 0 Å². The highest BCUT2D eigenvalue weighted by Crippen LogP contribution is 2.39. The first-order chi connectivity index (χ1) is 8.74. The number of fused-ring (bicyclic) bond motifs is 3. The zero-order chi connectivity index (χ0) is 12.7. The van der Waals surface area contributed by atoms with Gasteiger partial charge >= 0.3 is 5.97 Å². The quantitative estimate of drug-likeness (QED) is 0.662. The van der Waals surface area contributed by atoms with Crippen LogP contribution in [-0.2, 0) is 0 Å². The van der Waals surface area contributed by atoms with Crippen molar-refractivity contribution in [2.24, 2.45) is 5.16 Å². The van der Waals surface area contributed by atoms with Crippen molar-refractivity contribution in [1.29, 1.82) is 0 Å². The van der Waals surface area contributed by atoms with Gasteiger partial charge in [0.05, 0.1) is 11.3 Å². The van der Waals surface area contributed by atoms with E-state index < -0.39 is 5.97 Å². The van der Waals surface area contributed by atoms with Crippen molar-refractivity contribution in [2.45, 2.75) is 0 Å². The molecule has 0 fully saturated rings. The SMILES string of the molecule is O=C(O)c1cccc2c1-c1ccccc1C2=N[O-]. The summed E-state index contributed by atoms with van der Waals surface area (Å²) in [4.78, 5) is 11.2. The van der Waals surface area contributed by atoms with Crippen molar-refractivity contribution < 1.29 is 9.90 Å². The topological polar surface area (TPSA) is 72.7 Å². The Morgan fingerprint density at radius 3 is 2.33 bits per heavy atom. The summed E-state index contributed by atoms with van der Waals surface area (Å²) in [5, 5.41) is 23.2. The third kappa shape index (κ3) is 1.26. The average Bonchev–Trinajstić information content (AvgIpc) is 2.72. The van der Waals surface area contributed by atoms with E-state index in [0.29, 0.717) is 22.4 Å². The van der Waals surface area contributed by atoms with Gasteiger partial charge in [-0.2, -0.15) is 0 Å². The molecule has 0 saturated heterocycles. The molecule has 0 spiro atoms. The molecule has 0 saturated carbocycles. The summed E-state index contributed by atoms with van der Waals surface area (Å²) in [7, 11) is 0. The summed E-state index contributed by atoms with van der Waals surface area (Å²) in [6, 6.07) is 12.1. The highest BCUT2D eigenvalue weighted by Gasteiger charge is 2.27. The van der Waals surface area contributed by atoms with Crippen molar-refractivity contribution in [3.8, 4) is 11.1 Å². The predicted molar refractivity (Wildman–Crippen MR) is 67.8 cm³/mol. The standard InChI is InChI=1S/C14H9NO3/c16-14(17)11-7-3-6-10-12(11)8-4-1-2-5-9(8)13(10)15-18/h1-7,18H,(H,16,17)/p-1. The average molecular weight is 238 g/mol. The number of carbonyl (C=O) groups is 1. The fourth-order valence-corrected chi connectivity index (χ4v) is 2.37. The maximum absolute atomic E-state index is 11.2. The van der Waals surface area contributed by atoms with Crippen LogP contribution in [0.4, 0.5) is 0 Å². The number of nitrogens with zero attached hydrogens (tertiary/aromatic N) is 1. The minimum absolute atomic E-state index is 0.193. The first kappa shape index (κ1) is 10.5. The van der Waals surface area contributed by atoms with Gasteiger partial charge in [0.25, 0.3) is 0 Å². The molecule has 3 rings (SSSR count). The molecule has 18 heavy (non-hydrogen) atoms. The largest absolute Gasteiger partial charge is 0.791 e. The Morgan fingerprint density at radius 2 is 1.67 bits per heavy atom. The van der Waals surface area contributed by atoms with Crippen LogP contribution in [0.1, 0.15) is 21.5 Å². The molecule has 1 aliphatic rings. The molecule has 0 heterocycles. The lowest BCUT2D eigenvalue weighted by Crippen LogP contribution is -2.01. The minimum Gasteiger partial charge on any atom is -0.791 e. The second-order valence-electron chi connectivity index (χ2n) is 4.02. The molecule has 88 valence electrons. The molecule has 4 nitrogen and oxygen atoms in total. The Hall–Kier alpha value is -2.62. The summed E-state index contributed by atoms with van der Waals surface area (Å²) >= 11 is 0. The Bertz CT molecular complexity index is 689. The van der Waals surface area contributed by atoms with Crippen LogP contribution in [-0.4, -0.2) is 16.8 Å². The number of carboxylic acid groups (broad SMARTS) is 1. The molecule has 0 unspecified atom stereocenters. The van der Waals surface area contributed by atoms with E-state index in [0.717, 1.165) is 5.56 Å². The zero-order valence-electron chi connectivity index (χ0n) is 9.25. The van der Waals surface area contributed by atoms with Gasteiger partial charge < -0.3 is 15.5 Å². The molecule has 2 aromatic carbocycles. The van der Waals surface area contributed by atoms with Crippen LogP contribution in [0.5, 0.6) is 0 Å². The van der Waals surface area contributed by atoms with Crippen LogP contribution < -0.4 is 0 Å². The van der Waals surface area contributed by atoms with Gasteiger partial charge in [0.1, 0.15) is 0 Å². The van der Waals surface area contributed by atoms with E-state index in [4.69, 9.17) is 0 Å². The van der Waals surface area contributed by atoms with Gasteiger partial charge in [-0.3, -0.25) is 0 Å². The van der Waals surface area contributed by atoms with E-state index in [2.05, 4.69) is 5.16 Å². The highest BCUT2D eigenvalue weighted by molar-refractivity contribution is 6.26. The number of hydrogen-bond acceptors (Lipinski definition) is 3. The van der Waals surface area contributed by atoms with Crippen LogP contribution in [0.2, 0.25) is 0 Å². The Morgan fingerprint density at radius 1 is 1.00 bits per heavy atom. The number of rotatable bonds is 1. The first-order valence-corrected chi connectivity index (χ1v) is 5.41. The number of benzene rings is 2. The van der Waals surface area contributed by atoms with Gasteiger partial charge in [0, 0.05) is 16.7 Å². The monoisotopic (exact) mass is 238 g/mol. The van der Waals surface area contributed by atoms with E-state index >= 15 is 0 Å². The van der Waals surface area contributed by atoms with E-state index in [1.54, 1.807) is 30.3 Å². The van der Waals surface area contributed by atoms with Gasteiger partial charge in [-0.25, -0.2) is 4.79 Å². The Balaban J connectivity index is 2.43. The smallest absolute Gasteiger partial charge is 0.336 e. The van der Waals surface area contributed by atoms with Gasteiger partial charge in [0.2, 0.25) is 0 Å². The van der Waals surface area contributed by atoms with Gasteiger partial charge in [-0.1, -0.05) is 36.4 Å². The zero-order valence-corrected chi connectivity index (χ0v) is 9.25. The lowest BCUT2D eigenvalue weighted by molar-refractivity contribution is 0.0698. The molecular weight excluding hydrogens is 230 g/mol. The van der Waals surface area contributed by atoms with Crippen LogP contribution in [0, 0.1) is 5.21 Å². The van der Waals surface area contributed by atoms with E-state index in [-0.39, 0.29) is 5.56 Å². The predicted octanol–water partition coefficient (Wildman–Crippen LogP) is 2.70. The summed E-state index contributed by atoms with van der Waals surface area (Å²) in [6.45, 7) is 0. The lowest BCUT2D eigenvalue weighted by atomic mass is 10.00. The third-order valence-corrected chi connectivity index (χ3v) is 3.09.